The Kier molecular flexibility index (Phi) is 7.41. The van der Waals surface area contributed by atoms with E-state index in [1.54, 1.807) is 54.6 Å². The monoisotopic (exact) mass is 411 g/mol. The first-order valence-electron chi connectivity index (χ1n) is 8.89. The number of benzene rings is 3. The van der Waals surface area contributed by atoms with Crippen molar-refractivity contribution in [1.82, 2.24) is 0 Å². The van der Waals surface area contributed by atoms with Crippen LogP contribution >= 0.6 is 11.8 Å². The molecule has 148 valence electrons. The summed E-state index contributed by atoms with van der Waals surface area (Å²) < 4.78 is 30.3. The summed E-state index contributed by atoms with van der Waals surface area (Å²) in [5.74, 6) is -2.02. The Balaban J connectivity index is 1.49. The van der Waals surface area contributed by atoms with Crippen LogP contribution in [0, 0.1) is 0 Å². The Morgan fingerprint density at radius 1 is 0.966 bits per heavy atom. The molecule has 0 unspecified atom stereocenters. The molecule has 0 fully saturated rings. The molecule has 0 aromatic heterocycles. The molecule has 3 aromatic rings. The number of alkyl halides is 2. The minimum absolute atomic E-state index is 0.283. The lowest BCUT2D eigenvalue weighted by Gasteiger charge is -2.07. The molecule has 6 heteroatoms. The first kappa shape index (κ1) is 20.6. The second-order valence-electron chi connectivity index (χ2n) is 6.07. The number of amides is 1. The highest BCUT2D eigenvalue weighted by atomic mass is 32.2. The van der Waals surface area contributed by atoms with Gasteiger partial charge in [-0.05, 0) is 53.6 Å². The average Bonchev–Trinajstić information content (AvgIpc) is 2.73. The third-order valence-corrected chi connectivity index (χ3v) is 4.63. The van der Waals surface area contributed by atoms with Crippen molar-refractivity contribution in [3.63, 3.8) is 0 Å². The van der Waals surface area contributed by atoms with Gasteiger partial charge in [-0.1, -0.05) is 54.2 Å². The number of anilines is 1. The van der Waals surface area contributed by atoms with Crippen LogP contribution in [-0.4, -0.2) is 11.7 Å². The van der Waals surface area contributed by atoms with E-state index in [-0.39, 0.29) is 5.91 Å². The Hall–Kier alpha value is -3.12. The number of nitrogens with one attached hydrogen (secondary N) is 1. The van der Waals surface area contributed by atoms with Crippen molar-refractivity contribution in [2.75, 3.05) is 5.32 Å². The molecular formula is C23H19F2NO2S. The van der Waals surface area contributed by atoms with Crippen LogP contribution in [0.1, 0.15) is 11.1 Å². The highest BCUT2D eigenvalue weighted by Gasteiger charge is 2.04. The van der Waals surface area contributed by atoms with Crippen LogP contribution in [0.2, 0.25) is 0 Å². The summed E-state index contributed by atoms with van der Waals surface area (Å²) in [5.41, 5.74) is 2.48. The van der Waals surface area contributed by atoms with Crippen molar-refractivity contribution in [2.24, 2.45) is 0 Å². The number of ether oxygens (including phenoxy) is 1. The molecule has 0 saturated heterocycles. The topological polar surface area (TPSA) is 38.3 Å². The molecule has 3 rings (SSSR count). The largest absolute Gasteiger partial charge is 0.489 e. The predicted octanol–water partition coefficient (Wildman–Crippen LogP) is 6.23. The van der Waals surface area contributed by atoms with Crippen molar-refractivity contribution >= 4 is 29.4 Å². The van der Waals surface area contributed by atoms with Crippen LogP contribution in [0.5, 0.6) is 5.75 Å². The fourth-order valence-electron chi connectivity index (χ4n) is 2.49. The Labute approximate surface area is 172 Å². The number of hydrogen-bond donors (Lipinski definition) is 1. The maximum Gasteiger partial charge on any atom is 0.288 e. The second kappa shape index (κ2) is 10.4. The molecule has 0 bridgehead atoms. The van der Waals surface area contributed by atoms with Gasteiger partial charge in [-0.2, -0.15) is 8.78 Å². The molecule has 1 N–H and O–H groups in total. The van der Waals surface area contributed by atoms with Gasteiger partial charge in [0.2, 0.25) is 5.91 Å². The van der Waals surface area contributed by atoms with E-state index in [0.717, 1.165) is 11.1 Å². The van der Waals surface area contributed by atoms with E-state index < -0.39 is 5.76 Å². The van der Waals surface area contributed by atoms with E-state index in [0.29, 0.717) is 34.7 Å². The normalized spacial score (nSPS) is 11.0. The molecule has 0 spiro atoms. The fourth-order valence-corrected chi connectivity index (χ4v) is 2.99. The van der Waals surface area contributed by atoms with E-state index in [9.17, 15) is 13.6 Å². The molecule has 29 heavy (non-hydrogen) atoms. The maximum atomic E-state index is 12.3. The van der Waals surface area contributed by atoms with Crippen molar-refractivity contribution in [3.8, 4) is 5.75 Å². The molecule has 0 aliphatic rings. The van der Waals surface area contributed by atoms with E-state index in [4.69, 9.17) is 4.74 Å². The molecule has 0 atom stereocenters. The first-order chi connectivity index (χ1) is 14.1. The Morgan fingerprint density at radius 2 is 1.66 bits per heavy atom. The Bertz CT molecular complexity index is 943. The van der Waals surface area contributed by atoms with Crippen molar-refractivity contribution in [1.29, 1.82) is 0 Å². The summed E-state index contributed by atoms with van der Waals surface area (Å²) in [6.45, 7) is 0.476. The number of carbonyl (C=O) groups excluding carboxylic acids is 1. The second-order valence-corrected chi connectivity index (χ2v) is 7.13. The molecular weight excluding hydrogens is 392 g/mol. The average molecular weight is 411 g/mol. The Morgan fingerprint density at radius 3 is 2.31 bits per heavy atom. The highest BCUT2D eigenvalue weighted by molar-refractivity contribution is 7.99. The van der Waals surface area contributed by atoms with Crippen molar-refractivity contribution in [3.05, 3.63) is 96.1 Å². The van der Waals surface area contributed by atoms with Crippen LogP contribution in [0.4, 0.5) is 14.5 Å². The highest BCUT2D eigenvalue weighted by Crippen LogP contribution is 2.25. The summed E-state index contributed by atoms with van der Waals surface area (Å²) in [4.78, 5) is 12.5. The fraction of sp³-hybridized carbons (Fsp3) is 0.0870. The van der Waals surface area contributed by atoms with Gasteiger partial charge >= 0.3 is 0 Å². The SMILES string of the molecule is O=C(C=Cc1ccc(SC(F)F)cc1)Nc1ccc(OCc2ccccc2)cc1. The third kappa shape index (κ3) is 7.08. The summed E-state index contributed by atoms with van der Waals surface area (Å²) in [6.07, 6.45) is 3.03. The third-order valence-electron chi connectivity index (χ3n) is 3.90. The van der Waals surface area contributed by atoms with Gasteiger partial charge < -0.3 is 10.1 Å². The lowest BCUT2D eigenvalue weighted by Crippen LogP contribution is -2.07. The first-order valence-corrected chi connectivity index (χ1v) is 9.77. The van der Waals surface area contributed by atoms with Gasteiger partial charge in [0.15, 0.2) is 0 Å². The summed E-state index contributed by atoms with van der Waals surface area (Å²) in [7, 11) is 0. The molecule has 0 saturated carbocycles. The minimum atomic E-state index is -2.45. The van der Waals surface area contributed by atoms with Gasteiger partial charge in [0.1, 0.15) is 12.4 Å². The summed E-state index contributed by atoms with van der Waals surface area (Å²) >= 11 is 0.490. The summed E-state index contributed by atoms with van der Waals surface area (Å²) in [5, 5.41) is 2.77. The number of halogens is 2. The molecule has 3 nitrogen and oxygen atoms in total. The van der Waals surface area contributed by atoms with Gasteiger partial charge in [-0.15, -0.1) is 0 Å². The van der Waals surface area contributed by atoms with E-state index in [2.05, 4.69) is 5.32 Å². The molecule has 0 heterocycles. The maximum absolute atomic E-state index is 12.3. The zero-order valence-corrected chi connectivity index (χ0v) is 16.2. The van der Waals surface area contributed by atoms with Crippen LogP contribution in [0.15, 0.2) is 89.8 Å². The standard InChI is InChI=1S/C23H19F2NO2S/c24-23(25)29-21-13-6-17(7-14-21)8-15-22(27)26-19-9-11-20(12-10-19)28-16-18-4-2-1-3-5-18/h1-15,23H,16H2,(H,26,27). The van der Waals surface area contributed by atoms with E-state index in [1.165, 1.54) is 6.08 Å². The molecule has 0 radical (unpaired) electrons. The quantitative estimate of drug-likeness (QED) is 0.353. The van der Waals surface area contributed by atoms with Gasteiger partial charge in [0, 0.05) is 16.7 Å². The number of hydrogen-bond acceptors (Lipinski definition) is 3. The smallest absolute Gasteiger partial charge is 0.288 e. The zero-order valence-electron chi connectivity index (χ0n) is 15.4. The summed E-state index contributed by atoms with van der Waals surface area (Å²) in [6, 6.07) is 23.6. The minimum Gasteiger partial charge on any atom is -0.489 e. The number of rotatable bonds is 8. The van der Waals surface area contributed by atoms with Gasteiger partial charge in [-0.25, -0.2) is 0 Å². The van der Waals surface area contributed by atoms with Crippen LogP contribution in [-0.2, 0) is 11.4 Å². The van der Waals surface area contributed by atoms with Crippen molar-refractivity contribution in [2.45, 2.75) is 17.3 Å². The molecule has 1 amide bonds. The van der Waals surface area contributed by atoms with Crippen LogP contribution in [0.3, 0.4) is 0 Å². The molecule has 3 aromatic carbocycles. The van der Waals surface area contributed by atoms with Crippen LogP contribution in [0.25, 0.3) is 6.08 Å². The molecule has 0 aliphatic carbocycles. The van der Waals surface area contributed by atoms with Gasteiger partial charge in [0.25, 0.3) is 5.76 Å². The molecule has 0 aliphatic heterocycles. The van der Waals surface area contributed by atoms with Gasteiger partial charge in [-0.3, -0.25) is 4.79 Å². The van der Waals surface area contributed by atoms with Gasteiger partial charge in [0.05, 0.1) is 0 Å². The predicted molar refractivity (Wildman–Crippen MR) is 113 cm³/mol. The number of thioether (sulfide) groups is 1. The van der Waals surface area contributed by atoms with E-state index >= 15 is 0 Å². The lowest BCUT2D eigenvalue weighted by atomic mass is 10.2. The number of carbonyl (C=O) groups is 1. The van der Waals surface area contributed by atoms with E-state index in [1.807, 2.05) is 30.3 Å². The van der Waals surface area contributed by atoms with Crippen molar-refractivity contribution < 1.29 is 18.3 Å². The lowest BCUT2D eigenvalue weighted by molar-refractivity contribution is -0.111. The van der Waals surface area contributed by atoms with Crippen LogP contribution < -0.4 is 10.1 Å². The zero-order chi connectivity index (χ0) is 20.5.